The Labute approximate surface area is 128 Å². The zero-order chi connectivity index (χ0) is 15.6. The van der Waals surface area contributed by atoms with Gasteiger partial charge in [-0.3, -0.25) is 4.79 Å². The van der Waals surface area contributed by atoms with Gasteiger partial charge in [0.25, 0.3) is 5.91 Å². The third-order valence-electron chi connectivity index (χ3n) is 3.23. The molecule has 1 aromatic carbocycles. The largest absolute Gasteiger partial charge is 0.345 e. The summed E-state index contributed by atoms with van der Waals surface area (Å²) in [7, 11) is 0. The molecule has 0 saturated heterocycles. The Balaban J connectivity index is 2.12. The Kier molecular flexibility index (Phi) is 4.73. The van der Waals surface area contributed by atoms with Crippen LogP contribution in [0.25, 0.3) is 0 Å². The average Bonchev–Trinajstić information content (AvgIpc) is 2.81. The lowest BCUT2D eigenvalue weighted by atomic mass is 10.1. The van der Waals surface area contributed by atoms with E-state index >= 15 is 0 Å². The van der Waals surface area contributed by atoms with Gasteiger partial charge in [-0.1, -0.05) is 26.0 Å². The topological polar surface area (TPSA) is 42.0 Å². The molecule has 112 valence electrons. The summed E-state index contributed by atoms with van der Waals surface area (Å²) in [5.74, 6) is -0.101. The molecule has 5 heteroatoms. The van der Waals surface area contributed by atoms with Crippen molar-refractivity contribution in [2.75, 3.05) is 0 Å². The number of aryl methyl sites for hydroxylation is 1. The summed E-state index contributed by atoms with van der Waals surface area (Å²) in [6.07, 6.45) is 0. The van der Waals surface area contributed by atoms with Gasteiger partial charge < -0.3 is 5.32 Å². The minimum absolute atomic E-state index is 0.131. The number of thiazole rings is 1. The zero-order valence-electron chi connectivity index (χ0n) is 12.6. The lowest BCUT2D eigenvalue weighted by Gasteiger charge is -2.13. The van der Waals surface area contributed by atoms with Crippen molar-refractivity contribution in [2.24, 2.45) is 0 Å². The maximum absolute atomic E-state index is 12.9. The number of carbonyl (C=O) groups is 1. The molecule has 0 aliphatic rings. The SMILES string of the molecule is Cc1nc(C(C)C)sc1C(=O)NC(C)c1ccc(F)cc1. The first kappa shape index (κ1) is 15.6. The number of hydrogen-bond donors (Lipinski definition) is 1. The van der Waals surface area contributed by atoms with E-state index in [2.05, 4.69) is 24.1 Å². The van der Waals surface area contributed by atoms with Crippen LogP contribution in [0.3, 0.4) is 0 Å². The molecule has 0 aliphatic heterocycles. The minimum Gasteiger partial charge on any atom is -0.345 e. The van der Waals surface area contributed by atoms with Crippen molar-refractivity contribution in [3.8, 4) is 0 Å². The van der Waals surface area contributed by atoms with E-state index in [1.54, 1.807) is 12.1 Å². The van der Waals surface area contributed by atoms with E-state index in [1.807, 2.05) is 13.8 Å². The van der Waals surface area contributed by atoms with Gasteiger partial charge in [0.15, 0.2) is 0 Å². The van der Waals surface area contributed by atoms with Crippen molar-refractivity contribution in [3.05, 3.63) is 51.2 Å². The van der Waals surface area contributed by atoms with Crippen LogP contribution in [0.4, 0.5) is 4.39 Å². The molecule has 1 N–H and O–H groups in total. The summed E-state index contributed by atoms with van der Waals surface area (Å²) in [6.45, 7) is 7.84. The Hall–Kier alpha value is -1.75. The van der Waals surface area contributed by atoms with Gasteiger partial charge in [0, 0.05) is 5.92 Å². The quantitative estimate of drug-likeness (QED) is 0.919. The Morgan fingerprint density at radius 3 is 2.38 bits per heavy atom. The van der Waals surface area contributed by atoms with Crippen LogP contribution in [0.2, 0.25) is 0 Å². The lowest BCUT2D eigenvalue weighted by Crippen LogP contribution is -2.26. The van der Waals surface area contributed by atoms with Gasteiger partial charge >= 0.3 is 0 Å². The van der Waals surface area contributed by atoms with Crippen molar-refractivity contribution in [1.29, 1.82) is 0 Å². The molecule has 1 atom stereocenters. The number of carbonyl (C=O) groups excluding carboxylic acids is 1. The van der Waals surface area contributed by atoms with Crippen molar-refractivity contribution >= 4 is 17.2 Å². The number of benzene rings is 1. The van der Waals surface area contributed by atoms with E-state index in [9.17, 15) is 9.18 Å². The highest BCUT2D eigenvalue weighted by Gasteiger charge is 2.18. The van der Waals surface area contributed by atoms with Crippen molar-refractivity contribution in [1.82, 2.24) is 10.3 Å². The third kappa shape index (κ3) is 3.67. The van der Waals surface area contributed by atoms with Gasteiger partial charge in [0.1, 0.15) is 10.7 Å². The molecule has 1 heterocycles. The van der Waals surface area contributed by atoms with Crippen LogP contribution >= 0.6 is 11.3 Å². The molecule has 3 nitrogen and oxygen atoms in total. The molecule has 0 saturated carbocycles. The number of rotatable bonds is 4. The molecule has 1 unspecified atom stereocenters. The van der Waals surface area contributed by atoms with Gasteiger partial charge in [0.2, 0.25) is 0 Å². The second-order valence-electron chi connectivity index (χ2n) is 5.37. The molecule has 0 radical (unpaired) electrons. The van der Waals surface area contributed by atoms with Crippen LogP contribution < -0.4 is 5.32 Å². The summed E-state index contributed by atoms with van der Waals surface area (Å²) in [4.78, 5) is 17.4. The summed E-state index contributed by atoms with van der Waals surface area (Å²) >= 11 is 1.43. The van der Waals surface area contributed by atoms with Crippen LogP contribution in [0.15, 0.2) is 24.3 Å². The highest BCUT2D eigenvalue weighted by molar-refractivity contribution is 7.13. The van der Waals surface area contributed by atoms with Crippen molar-refractivity contribution in [2.45, 2.75) is 39.7 Å². The van der Waals surface area contributed by atoms with Crippen LogP contribution in [-0.2, 0) is 0 Å². The normalized spacial score (nSPS) is 12.5. The van der Waals surface area contributed by atoms with Crippen molar-refractivity contribution < 1.29 is 9.18 Å². The molecule has 21 heavy (non-hydrogen) atoms. The second-order valence-corrected chi connectivity index (χ2v) is 6.40. The number of nitrogens with one attached hydrogen (secondary N) is 1. The first-order valence-corrected chi connectivity index (χ1v) is 7.73. The highest BCUT2D eigenvalue weighted by Crippen LogP contribution is 2.25. The van der Waals surface area contributed by atoms with Crippen LogP contribution in [-0.4, -0.2) is 10.9 Å². The molecule has 1 aromatic heterocycles. The number of nitrogens with zero attached hydrogens (tertiary/aromatic N) is 1. The van der Waals surface area contributed by atoms with Crippen molar-refractivity contribution in [3.63, 3.8) is 0 Å². The van der Waals surface area contributed by atoms with E-state index in [-0.39, 0.29) is 17.8 Å². The van der Waals surface area contributed by atoms with E-state index in [0.717, 1.165) is 16.3 Å². The Bertz CT molecular complexity index is 634. The zero-order valence-corrected chi connectivity index (χ0v) is 13.4. The average molecular weight is 306 g/mol. The molecule has 1 amide bonds. The molecule has 2 rings (SSSR count). The number of halogens is 1. The van der Waals surface area contributed by atoms with Gasteiger partial charge in [-0.2, -0.15) is 0 Å². The Morgan fingerprint density at radius 2 is 1.86 bits per heavy atom. The Morgan fingerprint density at radius 1 is 1.24 bits per heavy atom. The first-order valence-electron chi connectivity index (χ1n) is 6.92. The third-order valence-corrected chi connectivity index (χ3v) is 4.69. The molecule has 0 fully saturated rings. The maximum Gasteiger partial charge on any atom is 0.263 e. The van der Waals surface area contributed by atoms with Crippen LogP contribution in [0.1, 0.15) is 58.7 Å². The van der Waals surface area contributed by atoms with E-state index in [0.29, 0.717) is 10.8 Å². The second kappa shape index (κ2) is 6.35. The minimum atomic E-state index is -0.280. The molecule has 0 spiro atoms. The molecular formula is C16H19FN2OS. The fourth-order valence-corrected chi connectivity index (χ4v) is 2.94. The predicted octanol–water partition coefficient (Wildman–Crippen LogP) is 4.21. The fraction of sp³-hybridized carbons (Fsp3) is 0.375. The monoisotopic (exact) mass is 306 g/mol. The molecule has 0 bridgehead atoms. The fourth-order valence-electron chi connectivity index (χ4n) is 1.97. The van der Waals surface area contributed by atoms with E-state index in [1.165, 1.54) is 23.5 Å². The summed E-state index contributed by atoms with van der Waals surface area (Å²) in [6, 6.07) is 5.97. The summed E-state index contributed by atoms with van der Waals surface area (Å²) in [5, 5.41) is 3.90. The standard InChI is InChI=1S/C16H19FN2OS/c1-9(2)16-19-11(4)14(21-16)15(20)18-10(3)12-5-7-13(17)8-6-12/h5-10H,1-4H3,(H,18,20). The number of aromatic nitrogens is 1. The predicted molar refractivity (Wildman–Crippen MR) is 83.2 cm³/mol. The summed E-state index contributed by atoms with van der Waals surface area (Å²) in [5.41, 5.74) is 1.63. The number of amides is 1. The van der Waals surface area contributed by atoms with Crippen LogP contribution in [0.5, 0.6) is 0 Å². The van der Waals surface area contributed by atoms with Gasteiger partial charge in [-0.05, 0) is 31.5 Å². The van der Waals surface area contributed by atoms with E-state index in [4.69, 9.17) is 0 Å². The van der Waals surface area contributed by atoms with Gasteiger partial charge in [-0.25, -0.2) is 9.37 Å². The summed E-state index contributed by atoms with van der Waals surface area (Å²) < 4.78 is 12.9. The van der Waals surface area contributed by atoms with E-state index < -0.39 is 0 Å². The lowest BCUT2D eigenvalue weighted by molar-refractivity contribution is 0.0943. The van der Waals surface area contributed by atoms with Crippen LogP contribution in [0, 0.1) is 12.7 Å². The molecule has 2 aromatic rings. The molecule has 0 aliphatic carbocycles. The highest BCUT2D eigenvalue weighted by atomic mass is 32.1. The van der Waals surface area contributed by atoms with Gasteiger partial charge in [-0.15, -0.1) is 11.3 Å². The smallest absolute Gasteiger partial charge is 0.263 e. The first-order chi connectivity index (χ1) is 9.88. The van der Waals surface area contributed by atoms with Gasteiger partial charge in [0.05, 0.1) is 16.7 Å². The maximum atomic E-state index is 12.9. The molecular weight excluding hydrogens is 287 g/mol. The number of hydrogen-bond acceptors (Lipinski definition) is 3.